The van der Waals surface area contributed by atoms with Gasteiger partial charge in [0.05, 0.1) is 15.7 Å². The number of aryl methyl sites for hydroxylation is 1. The minimum absolute atomic E-state index is 0.131. The monoisotopic (exact) mass is 647 g/mol. The molecule has 7 heteroatoms. The summed E-state index contributed by atoms with van der Waals surface area (Å²) < 4.78 is 37.5. The summed E-state index contributed by atoms with van der Waals surface area (Å²) in [6.45, 7) is 2.25. The van der Waals surface area contributed by atoms with Crippen molar-refractivity contribution >= 4 is 32.1 Å². The van der Waals surface area contributed by atoms with Gasteiger partial charge in [0.2, 0.25) is 9.00 Å². The Hall–Kier alpha value is -2.23. The summed E-state index contributed by atoms with van der Waals surface area (Å²) in [6, 6.07) is 19.3. The summed E-state index contributed by atoms with van der Waals surface area (Å²) in [6.07, 6.45) is 13.9. The predicted molar refractivity (Wildman–Crippen MR) is 149 cm³/mol. The lowest BCUT2D eigenvalue weighted by Crippen LogP contribution is -3.62. The van der Waals surface area contributed by atoms with Gasteiger partial charge in [-0.1, -0.05) is 89.0 Å². The van der Waals surface area contributed by atoms with Crippen LogP contribution in [0.3, 0.4) is 0 Å². The van der Waals surface area contributed by atoms with Crippen molar-refractivity contribution in [2.45, 2.75) is 82.4 Å². The van der Waals surface area contributed by atoms with Gasteiger partial charge < -0.3 is 4.42 Å². The molecule has 38 heavy (non-hydrogen) atoms. The van der Waals surface area contributed by atoms with Crippen LogP contribution in [-0.2, 0) is 19.1 Å². The molecule has 5 nitrogen and oxygen atoms in total. The SMILES string of the molecule is CCCCCCCCCCCCc1ccc(S(=O)(=O)O[I+]c2ccc3oc4ccccc4c(=O)c3c2)cc1. The molecule has 4 aromatic rings. The van der Waals surface area contributed by atoms with Crippen molar-refractivity contribution in [3.8, 4) is 0 Å². The minimum atomic E-state index is -3.87. The average Bonchev–Trinajstić information content (AvgIpc) is 2.93. The van der Waals surface area contributed by atoms with Crippen molar-refractivity contribution in [3.05, 3.63) is 86.1 Å². The number of hydrogen-bond donors (Lipinski definition) is 0. The molecule has 1 heterocycles. The van der Waals surface area contributed by atoms with Crippen LogP contribution in [0.2, 0.25) is 0 Å². The molecule has 0 aliphatic heterocycles. The second kappa shape index (κ2) is 14.2. The Morgan fingerprint density at radius 1 is 0.737 bits per heavy atom. The molecule has 0 aliphatic rings. The van der Waals surface area contributed by atoms with Crippen LogP contribution in [0.5, 0.6) is 0 Å². The van der Waals surface area contributed by atoms with Gasteiger partial charge in [-0.25, -0.2) is 0 Å². The second-order valence-electron chi connectivity index (χ2n) is 9.74. The first kappa shape index (κ1) is 28.8. The zero-order chi connectivity index (χ0) is 26.8. The fourth-order valence-corrected chi connectivity index (χ4v) is 8.00. The fourth-order valence-electron chi connectivity index (χ4n) is 4.58. The summed E-state index contributed by atoms with van der Waals surface area (Å²) in [5.74, 6) is 0. The highest BCUT2D eigenvalue weighted by atomic mass is 127. The Bertz CT molecular complexity index is 1490. The van der Waals surface area contributed by atoms with Crippen molar-refractivity contribution in [1.29, 1.82) is 0 Å². The van der Waals surface area contributed by atoms with Crippen molar-refractivity contribution < 1.29 is 37.0 Å². The first-order chi connectivity index (χ1) is 18.5. The van der Waals surface area contributed by atoms with Gasteiger partial charge in [-0.15, -0.1) is 0 Å². The third-order valence-corrected chi connectivity index (χ3v) is 11.0. The third kappa shape index (κ3) is 7.90. The molecule has 0 aliphatic carbocycles. The lowest BCUT2D eigenvalue weighted by atomic mass is 10.0. The molecular weight excluding hydrogens is 611 g/mol. The molecule has 0 spiro atoms. The highest BCUT2D eigenvalue weighted by Crippen LogP contribution is 2.18. The molecule has 0 unspecified atom stereocenters. The largest absolute Gasteiger partial charge is 0.540 e. The average molecular weight is 648 g/mol. The highest BCUT2D eigenvalue weighted by molar-refractivity contribution is 7.86. The zero-order valence-corrected chi connectivity index (χ0v) is 24.9. The summed E-state index contributed by atoms with van der Waals surface area (Å²) in [5, 5.41) is 0.931. The first-order valence-corrected chi connectivity index (χ1v) is 17.0. The number of benzene rings is 3. The lowest BCUT2D eigenvalue weighted by Gasteiger charge is -2.04. The summed E-state index contributed by atoms with van der Waals surface area (Å²) in [7, 11) is -3.87. The van der Waals surface area contributed by atoms with Gasteiger partial charge in [0.15, 0.2) is 0 Å². The number of hydrogen-bond acceptors (Lipinski definition) is 5. The van der Waals surface area contributed by atoms with E-state index >= 15 is 0 Å². The van der Waals surface area contributed by atoms with E-state index in [0.717, 1.165) is 18.4 Å². The van der Waals surface area contributed by atoms with E-state index in [0.29, 0.717) is 25.5 Å². The Balaban J connectivity index is 1.26. The molecule has 3 aromatic carbocycles. The molecule has 0 bridgehead atoms. The van der Waals surface area contributed by atoms with Crippen LogP contribution in [0.25, 0.3) is 21.9 Å². The van der Waals surface area contributed by atoms with Crippen molar-refractivity contribution in [1.82, 2.24) is 0 Å². The zero-order valence-electron chi connectivity index (χ0n) is 22.0. The van der Waals surface area contributed by atoms with Gasteiger partial charge in [-0.2, -0.15) is 8.42 Å². The normalized spacial score (nSPS) is 11.9. The molecule has 0 amide bonds. The van der Waals surface area contributed by atoms with Gasteiger partial charge in [-0.05, 0) is 57.3 Å². The van der Waals surface area contributed by atoms with Crippen molar-refractivity contribution in [3.63, 3.8) is 0 Å². The second-order valence-corrected chi connectivity index (χ2v) is 14.0. The molecule has 202 valence electrons. The lowest BCUT2D eigenvalue weighted by molar-refractivity contribution is -0.837. The number of halogens is 1. The van der Waals surface area contributed by atoms with Crippen LogP contribution < -0.4 is 27.0 Å². The molecule has 0 fully saturated rings. The Kier molecular flexibility index (Phi) is 10.8. The van der Waals surface area contributed by atoms with Crippen LogP contribution in [0.15, 0.2) is 80.8 Å². The molecule has 0 N–H and O–H groups in total. The van der Waals surface area contributed by atoms with E-state index in [1.54, 1.807) is 48.5 Å². The Morgan fingerprint density at radius 3 is 2.08 bits per heavy atom. The maximum Gasteiger partial charge on any atom is 0.540 e. The van der Waals surface area contributed by atoms with Crippen LogP contribution in [0.1, 0.15) is 76.7 Å². The van der Waals surface area contributed by atoms with Crippen LogP contribution in [0.4, 0.5) is 0 Å². The third-order valence-electron chi connectivity index (χ3n) is 6.77. The fraction of sp³-hybridized carbons (Fsp3) is 0.387. The van der Waals surface area contributed by atoms with E-state index < -0.39 is 31.7 Å². The smallest absolute Gasteiger partial charge is 0.456 e. The Morgan fingerprint density at radius 2 is 1.37 bits per heavy atom. The van der Waals surface area contributed by atoms with E-state index in [1.165, 1.54) is 57.8 Å². The van der Waals surface area contributed by atoms with E-state index in [1.807, 2.05) is 18.2 Å². The van der Waals surface area contributed by atoms with Gasteiger partial charge in [0.25, 0.3) is 0 Å². The molecule has 0 saturated carbocycles. The van der Waals surface area contributed by atoms with E-state index in [4.69, 9.17) is 6.93 Å². The van der Waals surface area contributed by atoms with Crippen molar-refractivity contribution in [2.24, 2.45) is 0 Å². The van der Waals surface area contributed by atoms with Gasteiger partial charge in [0, 0.05) is 6.07 Å². The highest BCUT2D eigenvalue weighted by Gasteiger charge is 2.28. The number of unbranched alkanes of at least 4 members (excludes halogenated alkanes) is 9. The number of fused-ring (bicyclic) bond motifs is 2. The van der Waals surface area contributed by atoms with Gasteiger partial charge >= 0.3 is 31.7 Å². The predicted octanol–water partition coefficient (Wildman–Crippen LogP) is 4.99. The quantitative estimate of drug-likeness (QED) is 0.103. The van der Waals surface area contributed by atoms with Crippen LogP contribution in [0, 0.1) is 3.57 Å². The maximum atomic E-state index is 12.9. The minimum Gasteiger partial charge on any atom is -0.456 e. The van der Waals surface area contributed by atoms with E-state index in [2.05, 4.69) is 6.92 Å². The van der Waals surface area contributed by atoms with E-state index in [9.17, 15) is 13.2 Å². The first-order valence-electron chi connectivity index (χ1n) is 13.6. The summed E-state index contributed by atoms with van der Waals surface area (Å²) in [4.78, 5) is 13.0. The Labute approximate surface area is 236 Å². The number of para-hydroxylation sites is 1. The number of rotatable bonds is 15. The molecular formula is C31H36IO5S+. The summed E-state index contributed by atoms with van der Waals surface area (Å²) in [5.41, 5.74) is 2.02. The molecule has 0 radical (unpaired) electrons. The maximum absolute atomic E-state index is 12.9. The van der Waals surface area contributed by atoms with E-state index in [-0.39, 0.29) is 10.3 Å². The molecule has 0 saturated heterocycles. The molecule has 4 rings (SSSR count). The van der Waals surface area contributed by atoms with Crippen molar-refractivity contribution in [2.75, 3.05) is 0 Å². The molecule has 1 aromatic heterocycles. The molecule has 0 atom stereocenters. The van der Waals surface area contributed by atoms with Crippen LogP contribution in [-0.4, -0.2) is 8.42 Å². The van der Waals surface area contributed by atoms with Gasteiger partial charge in [-0.3, -0.25) is 4.79 Å². The standard InChI is InChI=1S/C31H36IO5S/c1-2-3-4-5-6-7-8-9-10-11-14-24-17-20-26(21-18-24)38(34,35)37-32-25-19-22-30-28(23-25)31(33)27-15-12-13-16-29(27)36-30/h12-13,15-23H,2-11,14H2,1H3/q+1. The van der Waals surface area contributed by atoms with Gasteiger partial charge in [0.1, 0.15) is 11.2 Å². The summed E-state index contributed by atoms with van der Waals surface area (Å²) >= 11 is -1.32. The topological polar surface area (TPSA) is 73.6 Å². The van der Waals surface area contributed by atoms with Crippen LogP contribution >= 0.6 is 0 Å².